The summed E-state index contributed by atoms with van der Waals surface area (Å²) in [5, 5.41) is 9.67. The maximum absolute atomic E-state index is 6.17. The van der Waals surface area contributed by atoms with Crippen molar-refractivity contribution in [2.75, 3.05) is 7.11 Å². The van der Waals surface area contributed by atoms with E-state index >= 15 is 0 Å². The van der Waals surface area contributed by atoms with E-state index in [1.54, 1.807) is 18.9 Å². The van der Waals surface area contributed by atoms with Crippen LogP contribution in [0.5, 0.6) is 11.5 Å². The standard InChI is InChI=1S/C23H27N3O2S/c1-6-10-26-22(18(4)28-21-12-16(2)11-17(3)13-21)24-25-23(26)29-15-19-8-7-9-20(14-19)27-5/h6-9,11-14,18H,1,10,15H2,2-5H3. The lowest BCUT2D eigenvalue weighted by Gasteiger charge is -2.16. The van der Waals surface area contributed by atoms with Gasteiger partial charge in [0.05, 0.1) is 7.11 Å². The summed E-state index contributed by atoms with van der Waals surface area (Å²) in [4.78, 5) is 0. The lowest BCUT2D eigenvalue weighted by atomic mass is 10.1. The van der Waals surface area contributed by atoms with E-state index in [2.05, 4.69) is 47.3 Å². The summed E-state index contributed by atoms with van der Waals surface area (Å²) < 4.78 is 13.5. The fourth-order valence-corrected chi connectivity index (χ4v) is 4.07. The highest BCUT2D eigenvalue weighted by atomic mass is 32.2. The predicted octanol–water partition coefficient (Wildman–Crippen LogP) is 5.52. The van der Waals surface area contributed by atoms with Crippen molar-refractivity contribution in [1.29, 1.82) is 0 Å². The molecule has 1 heterocycles. The number of rotatable bonds is 9. The van der Waals surface area contributed by atoms with Crippen LogP contribution in [0.1, 0.15) is 35.5 Å². The number of benzene rings is 2. The Labute approximate surface area is 176 Å². The van der Waals surface area contributed by atoms with Gasteiger partial charge in [-0.3, -0.25) is 4.57 Å². The molecule has 0 N–H and O–H groups in total. The minimum Gasteiger partial charge on any atom is -0.497 e. The molecule has 0 bridgehead atoms. The highest BCUT2D eigenvalue weighted by Gasteiger charge is 2.19. The molecule has 0 radical (unpaired) electrons. The summed E-state index contributed by atoms with van der Waals surface area (Å²) in [6.07, 6.45) is 1.63. The first-order chi connectivity index (χ1) is 14.0. The normalized spacial score (nSPS) is 11.9. The Morgan fingerprint density at radius 2 is 1.86 bits per heavy atom. The van der Waals surface area contributed by atoms with Crippen LogP contribution in [0.3, 0.4) is 0 Å². The molecule has 0 saturated carbocycles. The van der Waals surface area contributed by atoms with Gasteiger partial charge in [-0.1, -0.05) is 36.0 Å². The van der Waals surface area contributed by atoms with Crippen molar-refractivity contribution in [1.82, 2.24) is 14.8 Å². The molecule has 1 aromatic heterocycles. The van der Waals surface area contributed by atoms with E-state index in [1.807, 2.05) is 43.3 Å². The van der Waals surface area contributed by atoms with Gasteiger partial charge >= 0.3 is 0 Å². The average Bonchev–Trinajstić information content (AvgIpc) is 3.09. The SMILES string of the molecule is C=CCn1c(SCc2cccc(OC)c2)nnc1C(C)Oc1cc(C)cc(C)c1. The van der Waals surface area contributed by atoms with Crippen LogP contribution in [0.25, 0.3) is 0 Å². The van der Waals surface area contributed by atoms with Crippen molar-refractivity contribution in [3.63, 3.8) is 0 Å². The minimum absolute atomic E-state index is 0.227. The van der Waals surface area contributed by atoms with Gasteiger partial charge in [0.2, 0.25) is 0 Å². The van der Waals surface area contributed by atoms with Gasteiger partial charge in [0, 0.05) is 12.3 Å². The second-order valence-corrected chi connectivity index (χ2v) is 7.91. The summed E-state index contributed by atoms with van der Waals surface area (Å²) in [5.41, 5.74) is 3.52. The van der Waals surface area contributed by atoms with Crippen molar-refractivity contribution in [3.8, 4) is 11.5 Å². The molecule has 1 unspecified atom stereocenters. The Balaban J connectivity index is 1.77. The fourth-order valence-electron chi connectivity index (χ4n) is 3.18. The molecule has 0 saturated heterocycles. The Morgan fingerprint density at radius 3 is 2.55 bits per heavy atom. The zero-order chi connectivity index (χ0) is 20.8. The van der Waals surface area contributed by atoms with Crippen LogP contribution in [-0.4, -0.2) is 21.9 Å². The van der Waals surface area contributed by atoms with Gasteiger partial charge in [-0.05, 0) is 61.7 Å². The monoisotopic (exact) mass is 409 g/mol. The number of methoxy groups -OCH3 is 1. The lowest BCUT2D eigenvalue weighted by molar-refractivity contribution is 0.210. The molecule has 0 spiro atoms. The van der Waals surface area contributed by atoms with E-state index < -0.39 is 0 Å². The molecule has 2 aromatic carbocycles. The number of hydrogen-bond acceptors (Lipinski definition) is 5. The predicted molar refractivity (Wildman–Crippen MR) is 118 cm³/mol. The molecule has 0 aliphatic heterocycles. The van der Waals surface area contributed by atoms with Gasteiger partial charge in [-0.15, -0.1) is 16.8 Å². The van der Waals surface area contributed by atoms with Gasteiger partial charge in [0.1, 0.15) is 11.5 Å². The third kappa shape index (κ3) is 5.41. The van der Waals surface area contributed by atoms with Crippen LogP contribution < -0.4 is 9.47 Å². The molecule has 152 valence electrons. The van der Waals surface area contributed by atoms with E-state index in [0.717, 1.165) is 28.2 Å². The lowest BCUT2D eigenvalue weighted by Crippen LogP contribution is -2.12. The summed E-state index contributed by atoms with van der Waals surface area (Å²) in [7, 11) is 1.68. The first kappa shape index (κ1) is 21.0. The smallest absolute Gasteiger partial charge is 0.191 e. The van der Waals surface area contributed by atoms with E-state index in [4.69, 9.17) is 9.47 Å². The molecule has 5 nitrogen and oxygen atoms in total. The van der Waals surface area contributed by atoms with E-state index in [-0.39, 0.29) is 6.10 Å². The number of thioether (sulfide) groups is 1. The van der Waals surface area contributed by atoms with Crippen LogP contribution >= 0.6 is 11.8 Å². The number of allylic oxidation sites excluding steroid dienone is 1. The van der Waals surface area contributed by atoms with Crippen LogP contribution in [0.15, 0.2) is 60.3 Å². The first-order valence-electron chi connectivity index (χ1n) is 9.55. The number of aromatic nitrogens is 3. The summed E-state index contributed by atoms with van der Waals surface area (Å²) >= 11 is 1.64. The van der Waals surface area contributed by atoms with Crippen molar-refractivity contribution < 1.29 is 9.47 Å². The van der Waals surface area contributed by atoms with Crippen molar-refractivity contribution in [2.24, 2.45) is 0 Å². The number of nitrogens with zero attached hydrogens (tertiary/aromatic N) is 3. The van der Waals surface area contributed by atoms with Crippen LogP contribution in [-0.2, 0) is 12.3 Å². The van der Waals surface area contributed by atoms with Crippen molar-refractivity contribution >= 4 is 11.8 Å². The third-order valence-electron chi connectivity index (χ3n) is 4.43. The van der Waals surface area contributed by atoms with Gasteiger partial charge in [-0.25, -0.2) is 0 Å². The molecule has 0 fully saturated rings. The van der Waals surface area contributed by atoms with E-state index in [0.29, 0.717) is 6.54 Å². The van der Waals surface area contributed by atoms with Crippen LogP contribution in [0, 0.1) is 13.8 Å². The van der Waals surface area contributed by atoms with Crippen molar-refractivity contribution in [3.05, 3.63) is 77.6 Å². The van der Waals surface area contributed by atoms with Gasteiger partial charge in [0.25, 0.3) is 0 Å². The second kappa shape index (κ2) is 9.65. The molecule has 3 aromatic rings. The number of ether oxygens (including phenoxy) is 2. The number of hydrogen-bond donors (Lipinski definition) is 0. The summed E-state index contributed by atoms with van der Waals surface area (Å²) in [6.45, 7) is 10.6. The van der Waals surface area contributed by atoms with E-state index in [1.165, 1.54) is 16.7 Å². The van der Waals surface area contributed by atoms with Crippen LogP contribution in [0.4, 0.5) is 0 Å². The molecule has 0 aliphatic carbocycles. The largest absolute Gasteiger partial charge is 0.497 e. The molecule has 3 rings (SSSR count). The van der Waals surface area contributed by atoms with Crippen molar-refractivity contribution in [2.45, 2.75) is 44.3 Å². The van der Waals surface area contributed by atoms with Crippen LogP contribution in [0.2, 0.25) is 0 Å². The molecular formula is C23H27N3O2S. The maximum atomic E-state index is 6.17. The summed E-state index contributed by atoms with van der Waals surface area (Å²) in [6, 6.07) is 14.3. The highest BCUT2D eigenvalue weighted by molar-refractivity contribution is 7.98. The molecule has 0 aliphatic rings. The fraction of sp³-hybridized carbons (Fsp3) is 0.304. The zero-order valence-electron chi connectivity index (χ0n) is 17.4. The first-order valence-corrected chi connectivity index (χ1v) is 10.5. The minimum atomic E-state index is -0.227. The van der Waals surface area contributed by atoms with Gasteiger partial charge < -0.3 is 9.47 Å². The Morgan fingerprint density at radius 1 is 1.10 bits per heavy atom. The molecule has 29 heavy (non-hydrogen) atoms. The zero-order valence-corrected chi connectivity index (χ0v) is 18.2. The van der Waals surface area contributed by atoms with Gasteiger partial charge in [-0.2, -0.15) is 0 Å². The molecule has 6 heteroatoms. The molecule has 0 amide bonds. The third-order valence-corrected chi connectivity index (χ3v) is 5.47. The topological polar surface area (TPSA) is 49.2 Å². The van der Waals surface area contributed by atoms with E-state index in [9.17, 15) is 0 Å². The molecule has 1 atom stereocenters. The number of aryl methyl sites for hydroxylation is 2. The quantitative estimate of drug-likeness (QED) is 0.344. The van der Waals surface area contributed by atoms with Gasteiger partial charge in [0.15, 0.2) is 17.1 Å². The Hall–Kier alpha value is -2.73. The summed E-state index contributed by atoms with van der Waals surface area (Å²) in [5.74, 6) is 3.26. The Bertz CT molecular complexity index is 964. The second-order valence-electron chi connectivity index (χ2n) is 6.96. The maximum Gasteiger partial charge on any atom is 0.191 e. The average molecular weight is 410 g/mol. The molecular weight excluding hydrogens is 382 g/mol. The highest BCUT2D eigenvalue weighted by Crippen LogP contribution is 2.28. The Kier molecular flexibility index (Phi) is 6.99.